The first-order valence-electron chi connectivity index (χ1n) is 19.5. The van der Waals surface area contributed by atoms with Gasteiger partial charge in [0.05, 0.1) is 5.69 Å². The number of hydrogen-bond donors (Lipinski definition) is 0. The van der Waals surface area contributed by atoms with Crippen LogP contribution in [0.4, 0.5) is 17.1 Å². The molecule has 264 valence electrons. The van der Waals surface area contributed by atoms with E-state index in [-0.39, 0.29) is 0 Å². The molecule has 0 saturated heterocycles. The van der Waals surface area contributed by atoms with Crippen LogP contribution in [0.1, 0.15) is 18.4 Å². The lowest BCUT2D eigenvalue weighted by Crippen LogP contribution is -2.11. The summed E-state index contributed by atoms with van der Waals surface area (Å²) >= 11 is 0. The zero-order valence-corrected chi connectivity index (χ0v) is 30.8. The summed E-state index contributed by atoms with van der Waals surface area (Å²) < 4.78 is 6.67. The fourth-order valence-corrected chi connectivity index (χ4v) is 8.77. The Morgan fingerprint density at radius 1 is 0.429 bits per heavy atom. The molecule has 0 unspecified atom stereocenters. The van der Waals surface area contributed by atoms with Crippen LogP contribution >= 0.6 is 0 Å². The Morgan fingerprint density at radius 3 is 1.96 bits per heavy atom. The second-order valence-electron chi connectivity index (χ2n) is 14.8. The molecule has 1 aliphatic rings. The Labute approximate surface area is 325 Å². The van der Waals surface area contributed by atoms with E-state index in [2.05, 4.69) is 205 Å². The van der Waals surface area contributed by atoms with Crippen LogP contribution in [0.3, 0.4) is 0 Å². The van der Waals surface area contributed by atoms with Crippen molar-refractivity contribution in [3.63, 3.8) is 0 Å². The van der Waals surface area contributed by atoms with Crippen LogP contribution in [0.2, 0.25) is 0 Å². The van der Waals surface area contributed by atoms with Crippen LogP contribution in [0.25, 0.3) is 82.1 Å². The maximum atomic E-state index is 6.67. The smallest absolute Gasteiger partial charge is 0.143 e. The summed E-state index contributed by atoms with van der Waals surface area (Å²) in [5.74, 6) is 0. The lowest BCUT2D eigenvalue weighted by atomic mass is 9.94. The highest BCUT2D eigenvalue weighted by Gasteiger charge is 2.20. The molecule has 56 heavy (non-hydrogen) atoms. The predicted octanol–water partition coefficient (Wildman–Crippen LogP) is 15.6. The quantitative estimate of drug-likeness (QED) is 0.159. The SMILES string of the molecule is C1=CCCC(c2cccc(N(c3ccc(-c4cc5c6ccc(-c7ccccc7)cc6oc5c5ccccc45)cc3)c3cc4ccccc4c4ccccc34)c2)=C1. The second-order valence-corrected chi connectivity index (χ2v) is 14.8. The van der Waals surface area contributed by atoms with Crippen molar-refractivity contribution in [2.24, 2.45) is 0 Å². The maximum Gasteiger partial charge on any atom is 0.143 e. The highest BCUT2D eigenvalue weighted by molar-refractivity contribution is 6.19. The minimum Gasteiger partial charge on any atom is -0.455 e. The van der Waals surface area contributed by atoms with Gasteiger partial charge in [0, 0.05) is 32.9 Å². The van der Waals surface area contributed by atoms with Crippen LogP contribution in [0.15, 0.2) is 205 Å². The third kappa shape index (κ3) is 5.41. The topological polar surface area (TPSA) is 16.4 Å². The lowest BCUT2D eigenvalue weighted by molar-refractivity contribution is 0.673. The molecule has 1 heterocycles. The minimum absolute atomic E-state index is 0.902. The summed E-state index contributed by atoms with van der Waals surface area (Å²) in [6.45, 7) is 0. The summed E-state index contributed by atoms with van der Waals surface area (Å²) in [7, 11) is 0. The van der Waals surface area contributed by atoms with Crippen molar-refractivity contribution < 1.29 is 4.42 Å². The molecule has 10 aromatic rings. The summed E-state index contributed by atoms with van der Waals surface area (Å²) in [4.78, 5) is 2.44. The zero-order chi connectivity index (χ0) is 37.0. The first kappa shape index (κ1) is 32.3. The van der Waals surface area contributed by atoms with Gasteiger partial charge in [0.25, 0.3) is 0 Å². The Kier molecular flexibility index (Phi) is 7.67. The highest BCUT2D eigenvalue weighted by atomic mass is 16.3. The number of fused-ring (bicyclic) bond motifs is 8. The van der Waals surface area contributed by atoms with Crippen LogP contribution in [-0.4, -0.2) is 0 Å². The van der Waals surface area contributed by atoms with Gasteiger partial charge in [0.1, 0.15) is 11.2 Å². The highest BCUT2D eigenvalue weighted by Crippen LogP contribution is 2.45. The molecule has 0 saturated carbocycles. The van der Waals surface area contributed by atoms with Gasteiger partial charge in [0.2, 0.25) is 0 Å². The van der Waals surface area contributed by atoms with E-state index in [1.807, 2.05) is 0 Å². The van der Waals surface area contributed by atoms with Crippen molar-refractivity contribution in [2.75, 3.05) is 4.90 Å². The number of allylic oxidation sites excluding steroid dienone is 4. The number of hydrogen-bond acceptors (Lipinski definition) is 2. The number of furan rings is 1. The summed E-state index contributed by atoms with van der Waals surface area (Å²) in [6.07, 6.45) is 8.82. The Morgan fingerprint density at radius 2 is 1.14 bits per heavy atom. The molecule has 9 aromatic carbocycles. The maximum absolute atomic E-state index is 6.67. The van der Waals surface area contributed by atoms with Crippen molar-refractivity contribution in [2.45, 2.75) is 12.8 Å². The van der Waals surface area contributed by atoms with Gasteiger partial charge in [-0.05, 0) is 116 Å². The van der Waals surface area contributed by atoms with Gasteiger partial charge in [-0.3, -0.25) is 0 Å². The fourth-order valence-electron chi connectivity index (χ4n) is 8.77. The molecule has 1 aromatic heterocycles. The molecular weight excluding hydrogens is 679 g/mol. The molecule has 11 rings (SSSR count). The van der Waals surface area contributed by atoms with E-state index in [1.54, 1.807) is 0 Å². The van der Waals surface area contributed by atoms with Gasteiger partial charge >= 0.3 is 0 Å². The van der Waals surface area contributed by atoms with Crippen molar-refractivity contribution in [3.8, 4) is 22.3 Å². The fraction of sp³-hybridized carbons (Fsp3) is 0.0370. The van der Waals surface area contributed by atoms with E-state index in [0.717, 1.165) is 62.8 Å². The first-order chi connectivity index (χ1) is 27.8. The van der Waals surface area contributed by atoms with Gasteiger partial charge in [-0.15, -0.1) is 0 Å². The molecule has 2 nitrogen and oxygen atoms in total. The van der Waals surface area contributed by atoms with Gasteiger partial charge in [-0.1, -0.05) is 152 Å². The third-order valence-electron chi connectivity index (χ3n) is 11.5. The van der Waals surface area contributed by atoms with E-state index >= 15 is 0 Å². The van der Waals surface area contributed by atoms with Crippen molar-refractivity contribution in [1.82, 2.24) is 0 Å². The summed E-state index contributed by atoms with van der Waals surface area (Å²) in [5, 5.41) is 9.51. The van der Waals surface area contributed by atoms with E-state index in [4.69, 9.17) is 4.42 Å². The van der Waals surface area contributed by atoms with E-state index in [9.17, 15) is 0 Å². The number of benzene rings is 9. The van der Waals surface area contributed by atoms with Gasteiger partial charge in [-0.25, -0.2) is 0 Å². The van der Waals surface area contributed by atoms with E-state index in [0.29, 0.717) is 0 Å². The van der Waals surface area contributed by atoms with Crippen molar-refractivity contribution >= 4 is 76.9 Å². The molecule has 0 fully saturated rings. The minimum atomic E-state index is 0.902. The number of nitrogens with zero attached hydrogens (tertiary/aromatic N) is 1. The molecule has 1 aliphatic carbocycles. The van der Waals surface area contributed by atoms with Crippen molar-refractivity contribution in [3.05, 3.63) is 206 Å². The first-order valence-corrected chi connectivity index (χ1v) is 19.5. The number of rotatable bonds is 6. The molecule has 0 amide bonds. The normalized spacial score (nSPS) is 12.9. The van der Waals surface area contributed by atoms with Gasteiger partial charge < -0.3 is 9.32 Å². The molecular formula is C54H37NO. The molecule has 0 aliphatic heterocycles. The van der Waals surface area contributed by atoms with Gasteiger partial charge in [-0.2, -0.15) is 0 Å². The van der Waals surface area contributed by atoms with E-state index < -0.39 is 0 Å². The van der Waals surface area contributed by atoms with Gasteiger partial charge in [0.15, 0.2) is 0 Å². The number of anilines is 3. The third-order valence-corrected chi connectivity index (χ3v) is 11.5. The molecule has 0 spiro atoms. The van der Waals surface area contributed by atoms with Crippen LogP contribution < -0.4 is 4.90 Å². The summed E-state index contributed by atoms with van der Waals surface area (Å²) in [6, 6.07) is 66.2. The van der Waals surface area contributed by atoms with Crippen molar-refractivity contribution in [1.29, 1.82) is 0 Å². The van der Waals surface area contributed by atoms with Crippen LogP contribution in [-0.2, 0) is 0 Å². The molecule has 0 N–H and O–H groups in total. The van der Waals surface area contributed by atoms with Crippen LogP contribution in [0.5, 0.6) is 0 Å². The Balaban J connectivity index is 1.08. The summed E-state index contributed by atoms with van der Waals surface area (Å²) in [5.41, 5.74) is 12.6. The predicted molar refractivity (Wildman–Crippen MR) is 238 cm³/mol. The molecule has 0 atom stereocenters. The molecule has 2 heteroatoms. The molecule has 0 bridgehead atoms. The standard InChI is InChI=1S/C54H37NO/c1-3-14-36(15-4-1)39-19-13-20-43(32-39)55(52-33-41-18-7-8-21-44(41)45-22-9-11-24-47(45)52)42-29-26-38(27-30-42)50-35-51-48-31-28-40(37-16-5-2-6-17-37)34-53(48)56-54(51)49-25-12-10-23-46(49)50/h1-3,5-14,16-35H,4,15H2. The lowest BCUT2D eigenvalue weighted by Gasteiger charge is -2.28. The Bertz CT molecular complexity index is 3180. The zero-order valence-electron chi connectivity index (χ0n) is 30.8. The second kappa shape index (κ2) is 13.3. The van der Waals surface area contributed by atoms with E-state index in [1.165, 1.54) is 54.8 Å². The molecule has 0 radical (unpaired) electrons. The van der Waals surface area contributed by atoms with Crippen LogP contribution in [0, 0.1) is 0 Å². The monoisotopic (exact) mass is 715 g/mol. The average Bonchev–Trinajstić information content (AvgIpc) is 3.65. The largest absolute Gasteiger partial charge is 0.455 e. The average molecular weight is 716 g/mol. The Hall–Kier alpha value is -7.16.